The summed E-state index contributed by atoms with van der Waals surface area (Å²) in [5, 5.41) is 2.41. The van der Waals surface area contributed by atoms with Crippen LogP contribution in [0.5, 0.6) is 0 Å². The molecule has 1 fully saturated rings. The minimum atomic E-state index is -0.445. The highest BCUT2D eigenvalue weighted by molar-refractivity contribution is 7.14. The number of rotatable bonds is 5. The summed E-state index contributed by atoms with van der Waals surface area (Å²) in [4.78, 5) is 42.5. The molecule has 3 aromatic heterocycles. The number of amides is 2. The van der Waals surface area contributed by atoms with Crippen molar-refractivity contribution in [2.24, 2.45) is 11.7 Å². The van der Waals surface area contributed by atoms with E-state index >= 15 is 0 Å². The summed E-state index contributed by atoms with van der Waals surface area (Å²) >= 11 is 7.28. The maximum absolute atomic E-state index is 13.0. The normalized spacial score (nSPS) is 19.1. The Hall–Kier alpha value is -2.79. The number of imidazole rings is 1. The molecule has 0 aromatic carbocycles. The van der Waals surface area contributed by atoms with E-state index in [4.69, 9.17) is 23.1 Å². The van der Waals surface area contributed by atoms with Crippen LogP contribution in [0.2, 0.25) is 5.28 Å². The zero-order valence-electron chi connectivity index (χ0n) is 16.3. The SMILES string of the molecule is CN(C(=O)C1CCC(n2cnc3c(N)nc(Cl)nc32)CC1)c1nc(CC(N)=O)cs1. The molecule has 0 unspecified atom stereocenters. The van der Waals surface area contributed by atoms with Crippen molar-refractivity contribution in [2.75, 3.05) is 17.7 Å². The summed E-state index contributed by atoms with van der Waals surface area (Å²) < 4.78 is 1.97. The summed E-state index contributed by atoms with van der Waals surface area (Å²) in [6.07, 6.45) is 4.87. The number of carbonyl (C=O) groups excluding carboxylic acids is 2. The van der Waals surface area contributed by atoms with E-state index in [2.05, 4.69) is 19.9 Å². The number of hydrogen-bond acceptors (Lipinski definition) is 8. The summed E-state index contributed by atoms with van der Waals surface area (Å²) in [5.41, 5.74) is 12.8. The molecule has 30 heavy (non-hydrogen) atoms. The molecule has 12 heteroatoms. The van der Waals surface area contributed by atoms with Crippen molar-refractivity contribution in [1.82, 2.24) is 24.5 Å². The fraction of sp³-hybridized carbons (Fsp3) is 0.444. The first-order chi connectivity index (χ1) is 14.3. The highest BCUT2D eigenvalue weighted by Gasteiger charge is 2.31. The van der Waals surface area contributed by atoms with E-state index < -0.39 is 5.91 Å². The summed E-state index contributed by atoms with van der Waals surface area (Å²) in [6.45, 7) is 0. The second kappa shape index (κ2) is 8.15. The summed E-state index contributed by atoms with van der Waals surface area (Å²) in [7, 11) is 1.71. The van der Waals surface area contributed by atoms with Gasteiger partial charge in [0.15, 0.2) is 16.6 Å². The lowest BCUT2D eigenvalue weighted by Crippen LogP contribution is -2.35. The molecule has 2 amide bonds. The molecule has 3 aromatic rings. The number of anilines is 2. The fourth-order valence-electron chi connectivity index (χ4n) is 3.86. The number of primary amides is 1. The van der Waals surface area contributed by atoms with Crippen LogP contribution in [0, 0.1) is 5.92 Å². The van der Waals surface area contributed by atoms with Crippen molar-refractivity contribution in [3.05, 3.63) is 22.7 Å². The molecule has 1 aliphatic carbocycles. The van der Waals surface area contributed by atoms with Gasteiger partial charge in [0.25, 0.3) is 0 Å². The Kier molecular flexibility index (Phi) is 5.56. The van der Waals surface area contributed by atoms with Crippen molar-refractivity contribution < 1.29 is 9.59 Å². The lowest BCUT2D eigenvalue weighted by atomic mass is 9.85. The van der Waals surface area contributed by atoms with Gasteiger partial charge in [-0.05, 0) is 37.3 Å². The Morgan fingerprint density at radius 2 is 2.00 bits per heavy atom. The minimum Gasteiger partial charge on any atom is -0.382 e. The van der Waals surface area contributed by atoms with Gasteiger partial charge in [0.2, 0.25) is 17.1 Å². The number of thiazole rings is 1. The topological polar surface area (TPSA) is 146 Å². The third kappa shape index (κ3) is 3.94. The lowest BCUT2D eigenvalue weighted by Gasteiger charge is -2.30. The Morgan fingerprint density at radius 3 is 2.70 bits per heavy atom. The Balaban J connectivity index is 1.42. The summed E-state index contributed by atoms with van der Waals surface area (Å²) in [5.74, 6) is -0.251. The molecule has 0 bridgehead atoms. The number of carbonyl (C=O) groups is 2. The molecule has 158 valence electrons. The van der Waals surface area contributed by atoms with Gasteiger partial charge in [-0.2, -0.15) is 9.97 Å². The van der Waals surface area contributed by atoms with Crippen LogP contribution in [0.25, 0.3) is 11.2 Å². The van der Waals surface area contributed by atoms with Crippen LogP contribution in [-0.2, 0) is 16.0 Å². The van der Waals surface area contributed by atoms with E-state index in [0.717, 1.165) is 25.7 Å². The van der Waals surface area contributed by atoms with Gasteiger partial charge in [-0.1, -0.05) is 0 Å². The number of hydrogen-bond donors (Lipinski definition) is 2. The third-order valence-electron chi connectivity index (χ3n) is 5.37. The molecular weight excluding hydrogens is 428 g/mol. The molecule has 0 aliphatic heterocycles. The van der Waals surface area contributed by atoms with Crippen molar-refractivity contribution in [2.45, 2.75) is 38.1 Å². The average molecular weight is 449 g/mol. The number of nitrogens with two attached hydrogens (primary N) is 2. The molecule has 4 rings (SSSR count). The van der Waals surface area contributed by atoms with Gasteiger partial charge in [0, 0.05) is 24.4 Å². The van der Waals surface area contributed by atoms with Gasteiger partial charge in [-0.25, -0.2) is 9.97 Å². The minimum absolute atomic E-state index is 0.0264. The largest absolute Gasteiger partial charge is 0.382 e. The van der Waals surface area contributed by atoms with E-state index in [1.807, 2.05) is 4.57 Å². The highest BCUT2D eigenvalue weighted by Crippen LogP contribution is 2.36. The van der Waals surface area contributed by atoms with Crippen molar-refractivity contribution in [1.29, 1.82) is 0 Å². The Labute approximate surface area is 181 Å². The molecule has 3 heterocycles. The van der Waals surface area contributed by atoms with Gasteiger partial charge in [0.1, 0.15) is 5.52 Å². The van der Waals surface area contributed by atoms with Gasteiger partial charge in [-0.15, -0.1) is 11.3 Å². The fourth-order valence-corrected chi connectivity index (χ4v) is 4.82. The van der Waals surface area contributed by atoms with E-state index in [-0.39, 0.29) is 35.4 Å². The van der Waals surface area contributed by atoms with Crippen LogP contribution in [0.15, 0.2) is 11.7 Å². The maximum atomic E-state index is 13.0. The van der Waals surface area contributed by atoms with Gasteiger partial charge < -0.3 is 16.0 Å². The van der Waals surface area contributed by atoms with Gasteiger partial charge >= 0.3 is 0 Å². The monoisotopic (exact) mass is 448 g/mol. The average Bonchev–Trinajstić information content (AvgIpc) is 3.34. The second-order valence-electron chi connectivity index (χ2n) is 7.37. The lowest BCUT2D eigenvalue weighted by molar-refractivity contribution is -0.123. The van der Waals surface area contributed by atoms with E-state index in [1.165, 1.54) is 11.3 Å². The van der Waals surface area contributed by atoms with Crippen molar-refractivity contribution >= 4 is 56.9 Å². The number of aromatic nitrogens is 5. The summed E-state index contributed by atoms with van der Waals surface area (Å²) in [6, 6.07) is 0.164. The van der Waals surface area contributed by atoms with Crippen LogP contribution in [0.3, 0.4) is 0 Å². The molecule has 4 N–H and O–H groups in total. The predicted molar refractivity (Wildman–Crippen MR) is 114 cm³/mol. The smallest absolute Gasteiger partial charge is 0.231 e. The van der Waals surface area contributed by atoms with Crippen LogP contribution in [0.1, 0.15) is 37.4 Å². The van der Waals surface area contributed by atoms with E-state index in [0.29, 0.717) is 22.0 Å². The highest BCUT2D eigenvalue weighted by atomic mass is 35.5. The molecule has 1 saturated carbocycles. The molecule has 1 aliphatic rings. The van der Waals surface area contributed by atoms with Crippen LogP contribution in [-0.4, -0.2) is 43.4 Å². The first-order valence-corrected chi connectivity index (χ1v) is 10.7. The van der Waals surface area contributed by atoms with Crippen LogP contribution >= 0.6 is 22.9 Å². The number of nitrogen functional groups attached to an aromatic ring is 1. The molecular formula is C18H21ClN8O2S. The van der Waals surface area contributed by atoms with Crippen LogP contribution in [0.4, 0.5) is 10.9 Å². The van der Waals surface area contributed by atoms with Gasteiger partial charge in [-0.3, -0.25) is 14.5 Å². The number of halogens is 1. The predicted octanol–water partition coefficient (Wildman–Crippen LogP) is 1.94. The first kappa shape index (κ1) is 20.5. The number of nitrogens with zero attached hydrogens (tertiary/aromatic N) is 6. The molecule has 0 saturated heterocycles. The van der Waals surface area contributed by atoms with Crippen LogP contribution < -0.4 is 16.4 Å². The molecule has 0 atom stereocenters. The standard InChI is InChI=1S/C18H21ClN8O2S/c1-26(18-23-10(7-30-18)6-12(20)28)16(29)9-2-4-11(5-3-9)27-8-22-13-14(21)24-17(19)25-15(13)27/h7-9,11H,2-6H2,1H3,(H2,20,28)(H2,21,24,25). The Morgan fingerprint density at radius 1 is 1.27 bits per heavy atom. The zero-order chi connectivity index (χ0) is 21.4. The van der Waals surface area contributed by atoms with Crippen molar-refractivity contribution in [3.63, 3.8) is 0 Å². The number of fused-ring (bicyclic) bond motifs is 1. The second-order valence-corrected chi connectivity index (χ2v) is 8.54. The van der Waals surface area contributed by atoms with E-state index in [1.54, 1.807) is 23.7 Å². The van der Waals surface area contributed by atoms with Gasteiger partial charge in [0.05, 0.1) is 18.4 Å². The quantitative estimate of drug-likeness (QED) is 0.567. The molecule has 10 nitrogen and oxygen atoms in total. The molecule has 0 radical (unpaired) electrons. The first-order valence-electron chi connectivity index (χ1n) is 9.49. The van der Waals surface area contributed by atoms with E-state index in [9.17, 15) is 9.59 Å². The Bertz CT molecular complexity index is 1100. The van der Waals surface area contributed by atoms with Crippen molar-refractivity contribution in [3.8, 4) is 0 Å². The maximum Gasteiger partial charge on any atom is 0.231 e. The zero-order valence-corrected chi connectivity index (χ0v) is 17.9. The molecule has 0 spiro atoms. The third-order valence-corrected chi connectivity index (χ3v) is 6.51.